The van der Waals surface area contributed by atoms with Gasteiger partial charge in [-0.1, -0.05) is 19.1 Å². The predicted octanol–water partition coefficient (Wildman–Crippen LogP) is 3.35. The highest BCUT2D eigenvalue weighted by molar-refractivity contribution is 9.10. The monoisotopic (exact) mass is 337 g/mol. The van der Waals surface area contributed by atoms with E-state index in [0.717, 1.165) is 18.5 Å². The fourth-order valence-electron chi connectivity index (χ4n) is 1.56. The van der Waals surface area contributed by atoms with Gasteiger partial charge in [0.15, 0.2) is 0 Å². The molecule has 20 heavy (non-hydrogen) atoms. The van der Waals surface area contributed by atoms with E-state index >= 15 is 0 Å². The average molecular weight is 338 g/mol. The summed E-state index contributed by atoms with van der Waals surface area (Å²) in [5, 5.41) is 12.2. The summed E-state index contributed by atoms with van der Waals surface area (Å²) in [7, 11) is 0. The lowest BCUT2D eigenvalue weighted by molar-refractivity contribution is 0.281. The van der Waals surface area contributed by atoms with E-state index in [4.69, 9.17) is 9.84 Å². The van der Waals surface area contributed by atoms with Gasteiger partial charge in [0.1, 0.15) is 5.75 Å². The lowest BCUT2D eigenvalue weighted by Gasteiger charge is -2.09. The first-order valence-corrected chi connectivity index (χ1v) is 7.16. The maximum absolute atomic E-state index is 9.12. The minimum Gasteiger partial charge on any atom is -0.438 e. The van der Waals surface area contributed by atoms with Crippen LogP contribution in [0.1, 0.15) is 18.9 Å². The highest BCUT2D eigenvalue weighted by Gasteiger charge is 2.08. The van der Waals surface area contributed by atoms with Crippen LogP contribution in [-0.2, 0) is 6.61 Å². The number of hydrogen-bond acceptors (Lipinski definition) is 5. The Hall–Kier alpha value is -1.66. The molecule has 0 amide bonds. The summed E-state index contributed by atoms with van der Waals surface area (Å²) in [4.78, 5) is 8.47. The number of hydrogen-bond donors (Lipinski definition) is 2. The van der Waals surface area contributed by atoms with Crippen molar-refractivity contribution in [1.29, 1.82) is 0 Å². The molecule has 0 aliphatic rings. The second-order valence-electron chi connectivity index (χ2n) is 4.18. The Morgan fingerprint density at radius 3 is 3.00 bits per heavy atom. The summed E-state index contributed by atoms with van der Waals surface area (Å²) in [5.74, 6) is 1.59. The molecule has 0 saturated heterocycles. The van der Waals surface area contributed by atoms with Crippen LogP contribution in [0.5, 0.6) is 11.6 Å². The molecule has 106 valence electrons. The Morgan fingerprint density at radius 2 is 2.25 bits per heavy atom. The first kappa shape index (κ1) is 14.7. The second kappa shape index (κ2) is 7.21. The minimum absolute atomic E-state index is 0.0224. The molecule has 0 bridgehead atoms. The highest BCUT2D eigenvalue weighted by Crippen LogP contribution is 2.28. The number of nitrogens with zero attached hydrogens (tertiary/aromatic N) is 2. The summed E-state index contributed by atoms with van der Waals surface area (Å²) in [6.45, 7) is 2.86. The van der Waals surface area contributed by atoms with Gasteiger partial charge in [-0.05, 0) is 40.0 Å². The smallest absolute Gasteiger partial charge is 0.238 e. The van der Waals surface area contributed by atoms with Crippen molar-refractivity contribution in [2.45, 2.75) is 20.0 Å². The summed E-state index contributed by atoms with van der Waals surface area (Å²) in [6, 6.07) is 7.24. The van der Waals surface area contributed by atoms with Crippen molar-refractivity contribution in [3.63, 3.8) is 0 Å². The van der Waals surface area contributed by atoms with E-state index in [0.29, 0.717) is 22.1 Å². The first-order chi connectivity index (χ1) is 9.72. The fourth-order valence-corrected chi connectivity index (χ4v) is 1.84. The lowest BCUT2D eigenvalue weighted by atomic mass is 10.2. The van der Waals surface area contributed by atoms with Crippen LogP contribution in [0.15, 0.2) is 34.9 Å². The van der Waals surface area contributed by atoms with Crippen LogP contribution >= 0.6 is 15.9 Å². The zero-order valence-electron chi connectivity index (χ0n) is 11.1. The molecule has 2 rings (SSSR count). The molecule has 5 nitrogen and oxygen atoms in total. The maximum atomic E-state index is 9.12. The van der Waals surface area contributed by atoms with Gasteiger partial charge in [0.25, 0.3) is 0 Å². The molecule has 0 aliphatic carbocycles. The van der Waals surface area contributed by atoms with Gasteiger partial charge in [-0.25, -0.2) is 4.98 Å². The third-order valence-corrected chi connectivity index (χ3v) is 3.08. The zero-order valence-corrected chi connectivity index (χ0v) is 12.7. The summed E-state index contributed by atoms with van der Waals surface area (Å²) >= 11 is 3.36. The van der Waals surface area contributed by atoms with Gasteiger partial charge in [-0.15, -0.1) is 0 Å². The van der Waals surface area contributed by atoms with Crippen molar-refractivity contribution in [3.05, 3.63) is 40.5 Å². The number of halogens is 1. The van der Waals surface area contributed by atoms with Crippen LogP contribution in [0.2, 0.25) is 0 Å². The third-order valence-electron chi connectivity index (χ3n) is 2.54. The number of aromatic nitrogens is 2. The number of anilines is 1. The Balaban J connectivity index is 2.18. The Kier molecular flexibility index (Phi) is 5.31. The molecule has 0 radical (unpaired) electrons. The number of benzene rings is 1. The van der Waals surface area contributed by atoms with Gasteiger partial charge >= 0.3 is 0 Å². The third kappa shape index (κ3) is 3.91. The van der Waals surface area contributed by atoms with Crippen molar-refractivity contribution in [3.8, 4) is 11.6 Å². The van der Waals surface area contributed by atoms with Crippen LogP contribution in [-0.4, -0.2) is 21.6 Å². The molecule has 2 N–H and O–H groups in total. The summed E-state index contributed by atoms with van der Waals surface area (Å²) in [6.07, 6.45) is 2.64. The molecule has 2 aromatic rings. The van der Waals surface area contributed by atoms with Gasteiger partial charge in [-0.3, -0.25) is 0 Å². The van der Waals surface area contributed by atoms with E-state index < -0.39 is 0 Å². The molecule has 6 heteroatoms. The SMILES string of the molecule is CCCNc1ncc(Br)c(Oc2cccc(CO)c2)n1. The van der Waals surface area contributed by atoms with E-state index in [1.54, 1.807) is 12.3 Å². The predicted molar refractivity (Wildman–Crippen MR) is 81.0 cm³/mol. The van der Waals surface area contributed by atoms with E-state index in [9.17, 15) is 0 Å². The van der Waals surface area contributed by atoms with Gasteiger partial charge in [-0.2, -0.15) is 4.98 Å². The molecule has 0 aliphatic heterocycles. The first-order valence-electron chi connectivity index (χ1n) is 6.37. The topological polar surface area (TPSA) is 67.3 Å². The largest absolute Gasteiger partial charge is 0.438 e. The van der Waals surface area contributed by atoms with E-state index in [2.05, 4.69) is 38.1 Å². The molecular weight excluding hydrogens is 322 g/mol. The Labute approximate surface area is 126 Å². The normalized spacial score (nSPS) is 10.3. The fraction of sp³-hybridized carbons (Fsp3) is 0.286. The lowest BCUT2D eigenvalue weighted by Crippen LogP contribution is -2.05. The quantitative estimate of drug-likeness (QED) is 0.846. The number of ether oxygens (including phenoxy) is 1. The molecular formula is C14H16BrN3O2. The molecule has 1 aromatic carbocycles. The van der Waals surface area contributed by atoms with Crippen molar-refractivity contribution in [2.24, 2.45) is 0 Å². The van der Waals surface area contributed by atoms with Crippen LogP contribution < -0.4 is 10.1 Å². The van der Waals surface area contributed by atoms with Crippen LogP contribution in [0, 0.1) is 0 Å². The van der Waals surface area contributed by atoms with E-state index in [-0.39, 0.29) is 6.61 Å². The van der Waals surface area contributed by atoms with Crippen molar-refractivity contribution in [2.75, 3.05) is 11.9 Å². The highest BCUT2D eigenvalue weighted by atomic mass is 79.9. The molecule has 0 fully saturated rings. The molecule has 0 saturated carbocycles. The Morgan fingerprint density at radius 1 is 1.40 bits per heavy atom. The molecule has 0 unspecified atom stereocenters. The molecule has 1 heterocycles. The van der Waals surface area contributed by atoms with Gasteiger partial charge in [0, 0.05) is 6.54 Å². The van der Waals surface area contributed by atoms with Crippen LogP contribution in [0.25, 0.3) is 0 Å². The van der Waals surface area contributed by atoms with E-state index in [1.165, 1.54) is 0 Å². The van der Waals surface area contributed by atoms with Crippen LogP contribution in [0.4, 0.5) is 5.95 Å². The van der Waals surface area contributed by atoms with E-state index in [1.807, 2.05) is 18.2 Å². The number of rotatable bonds is 6. The molecule has 0 atom stereocenters. The summed E-state index contributed by atoms with van der Waals surface area (Å²) < 4.78 is 6.40. The van der Waals surface area contributed by atoms with Crippen molar-refractivity contribution in [1.82, 2.24) is 9.97 Å². The standard InChI is InChI=1S/C14H16BrN3O2/c1-2-6-16-14-17-8-12(15)13(18-14)20-11-5-3-4-10(7-11)9-19/h3-5,7-8,19H,2,6,9H2,1H3,(H,16,17,18). The number of nitrogens with one attached hydrogen (secondary N) is 1. The number of aliphatic hydroxyl groups is 1. The molecule has 0 spiro atoms. The molecule has 1 aromatic heterocycles. The van der Waals surface area contributed by atoms with Crippen molar-refractivity contribution < 1.29 is 9.84 Å². The second-order valence-corrected chi connectivity index (χ2v) is 5.04. The summed E-state index contributed by atoms with van der Waals surface area (Å²) in [5.41, 5.74) is 0.789. The van der Waals surface area contributed by atoms with Gasteiger partial charge in [0.2, 0.25) is 11.8 Å². The zero-order chi connectivity index (χ0) is 14.4. The minimum atomic E-state index is -0.0224. The average Bonchev–Trinajstić information content (AvgIpc) is 2.48. The van der Waals surface area contributed by atoms with Gasteiger partial charge in [0.05, 0.1) is 17.3 Å². The van der Waals surface area contributed by atoms with Gasteiger partial charge < -0.3 is 15.2 Å². The Bertz CT molecular complexity index is 578. The number of aliphatic hydroxyl groups excluding tert-OH is 1. The van der Waals surface area contributed by atoms with Crippen molar-refractivity contribution >= 4 is 21.9 Å². The van der Waals surface area contributed by atoms with Crippen LogP contribution in [0.3, 0.4) is 0 Å². The maximum Gasteiger partial charge on any atom is 0.238 e.